The molecule has 0 atom stereocenters. The summed E-state index contributed by atoms with van der Waals surface area (Å²) in [6.07, 6.45) is 1.68. The number of nitrogens with zero attached hydrogens (tertiary/aromatic N) is 2. The molecule has 1 heterocycles. The Morgan fingerprint density at radius 2 is 1.96 bits per heavy atom. The standard InChI is InChI=1S/C19H24F2N4O2.HI/c1-3-22-19(25-13-15-10-16(20)5-6-17(15)21)24-12-14-4-7-18(23-11-14)27-9-8-26-2;/h4-7,10-11H,3,8-9,12-13H2,1-2H3,(H2,22,24,25);1H. The van der Waals surface area contributed by atoms with Gasteiger partial charge in [-0.05, 0) is 30.7 Å². The third-order valence-corrected chi connectivity index (χ3v) is 3.55. The summed E-state index contributed by atoms with van der Waals surface area (Å²) in [5.74, 6) is 0.0787. The molecule has 2 aromatic rings. The van der Waals surface area contributed by atoms with Gasteiger partial charge in [0.1, 0.15) is 18.2 Å². The third-order valence-electron chi connectivity index (χ3n) is 3.55. The minimum atomic E-state index is -0.478. The predicted molar refractivity (Wildman–Crippen MR) is 115 cm³/mol. The summed E-state index contributed by atoms with van der Waals surface area (Å²) in [7, 11) is 1.61. The number of hydrogen-bond donors (Lipinski definition) is 2. The van der Waals surface area contributed by atoms with Gasteiger partial charge < -0.3 is 20.1 Å². The molecule has 1 aromatic carbocycles. The minimum absolute atomic E-state index is 0. The number of aromatic nitrogens is 1. The Morgan fingerprint density at radius 3 is 2.64 bits per heavy atom. The molecule has 6 nitrogen and oxygen atoms in total. The van der Waals surface area contributed by atoms with E-state index >= 15 is 0 Å². The number of methoxy groups -OCH3 is 1. The van der Waals surface area contributed by atoms with Crippen LogP contribution in [0.5, 0.6) is 5.88 Å². The van der Waals surface area contributed by atoms with Gasteiger partial charge in [-0.2, -0.15) is 0 Å². The van der Waals surface area contributed by atoms with Crippen molar-refractivity contribution in [1.82, 2.24) is 15.6 Å². The zero-order chi connectivity index (χ0) is 19.5. The lowest BCUT2D eigenvalue weighted by molar-refractivity contribution is 0.143. The molecule has 0 fully saturated rings. The minimum Gasteiger partial charge on any atom is -0.475 e. The fourth-order valence-corrected chi connectivity index (χ4v) is 2.19. The van der Waals surface area contributed by atoms with Gasteiger partial charge in [-0.25, -0.2) is 18.8 Å². The summed E-state index contributed by atoms with van der Waals surface area (Å²) < 4.78 is 37.3. The number of nitrogens with one attached hydrogen (secondary N) is 2. The molecule has 0 aliphatic rings. The fourth-order valence-electron chi connectivity index (χ4n) is 2.19. The van der Waals surface area contributed by atoms with E-state index in [1.54, 1.807) is 19.4 Å². The van der Waals surface area contributed by atoms with Crippen LogP contribution in [-0.2, 0) is 17.8 Å². The van der Waals surface area contributed by atoms with E-state index in [9.17, 15) is 8.78 Å². The van der Waals surface area contributed by atoms with Crippen LogP contribution in [0, 0.1) is 11.6 Å². The van der Waals surface area contributed by atoms with Gasteiger partial charge >= 0.3 is 0 Å². The first-order valence-electron chi connectivity index (χ1n) is 8.65. The Morgan fingerprint density at radius 1 is 1.14 bits per heavy atom. The molecule has 0 amide bonds. The van der Waals surface area contributed by atoms with Gasteiger partial charge in [0.2, 0.25) is 5.88 Å². The highest BCUT2D eigenvalue weighted by Gasteiger charge is 2.05. The smallest absolute Gasteiger partial charge is 0.213 e. The molecule has 0 aliphatic heterocycles. The van der Waals surface area contributed by atoms with Crippen molar-refractivity contribution in [3.05, 3.63) is 59.3 Å². The largest absolute Gasteiger partial charge is 0.475 e. The van der Waals surface area contributed by atoms with E-state index in [1.807, 2.05) is 13.0 Å². The van der Waals surface area contributed by atoms with Crippen molar-refractivity contribution >= 4 is 29.9 Å². The Bertz CT molecular complexity index is 745. The SMILES string of the molecule is CCNC(=NCc1ccc(OCCOC)nc1)NCc1cc(F)ccc1F.I. The maximum Gasteiger partial charge on any atom is 0.213 e. The molecular formula is C19H25F2IN4O2. The van der Waals surface area contributed by atoms with Gasteiger partial charge in [-0.3, -0.25) is 0 Å². The van der Waals surface area contributed by atoms with Crippen LogP contribution in [0.25, 0.3) is 0 Å². The molecule has 0 saturated heterocycles. The molecule has 0 bridgehead atoms. The van der Waals surface area contributed by atoms with Crippen LogP contribution >= 0.6 is 24.0 Å². The molecule has 1 aromatic heterocycles. The molecular weight excluding hydrogens is 481 g/mol. The molecule has 154 valence electrons. The highest BCUT2D eigenvalue weighted by Crippen LogP contribution is 2.10. The number of hydrogen-bond acceptors (Lipinski definition) is 4. The van der Waals surface area contributed by atoms with Crippen molar-refractivity contribution in [3.8, 4) is 5.88 Å². The van der Waals surface area contributed by atoms with Crippen molar-refractivity contribution in [1.29, 1.82) is 0 Å². The van der Waals surface area contributed by atoms with E-state index in [2.05, 4.69) is 20.6 Å². The van der Waals surface area contributed by atoms with Crippen LogP contribution in [-0.4, -0.2) is 37.8 Å². The van der Waals surface area contributed by atoms with Gasteiger partial charge in [0, 0.05) is 38.0 Å². The van der Waals surface area contributed by atoms with Crippen molar-refractivity contribution in [2.24, 2.45) is 4.99 Å². The Balaban J connectivity index is 0.00000392. The second-order valence-electron chi connectivity index (χ2n) is 5.63. The second kappa shape index (κ2) is 13.2. The zero-order valence-electron chi connectivity index (χ0n) is 15.9. The van der Waals surface area contributed by atoms with Crippen LogP contribution in [0.15, 0.2) is 41.5 Å². The van der Waals surface area contributed by atoms with Crippen LogP contribution in [0.4, 0.5) is 8.78 Å². The first kappa shape index (κ1) is 24.0. The van der Waals surface area contributed by atoms with E-state index in [0.717, 1.165) is 23.8 Å². The molecule has 0 saturated carbocycles. The number of ether oxygens (including phenoxy) is 2. The predicted octanol–water partition coefficient (Wildman–Crippen LogP) is 3.26. The lowest BCUT2D eigenvalue weighted by atomic mass is 10.2. The third kappa shape index (κ3) is 8.34. The molecule has 0 spiro atoms. The number of halogens is 3. The van der Waals surface area contributed by atoms with Crippen LogP contribution in [0.3, 0.4) is 0 Å². The topological polar surface area (TPSA) is 67.8 Å². The average molecular weight is 506 g/mol. The summed E-state index contributed by atoms with van der Waals surface area (Å²) in [5, 5.41) is 6.06. The second-order valence-corrected chi connectivity index (χ2v) is 5.63. The first-order valence-corrected chi connectivity index (χ1v) is 8.65. The van der Waals surface area contributed by atoms with Crippen molar-refractivity contribution in [2.75, 3.05) is 26.9 Å². The number of rotatable bonds is 9. The van der Waals surface area contributed by atoms with Crippen molar-refractivity contribution in [3.63, 3.8) is 0 Å². The van der Waals surface area contributed by atoms with E-state index in [4.69, 9.17) is 9.47 Å². The Kier molecular flexibility index (Phi) is 11.3. The van der Waals surface area contributed by atoms with E-state index in [1.165, 1.54) is 0 Å². The highest BCUT2D eigenvalue weighted by molar-refractivity contribution is 14.0. The van der Waals surface area contributed by atoms with Gasteiger partial charge in [0.15, 0.2) is 5.96 Å². The van der Waals surface area contributed by atoms with Crippen LogP contribution in [0.2, 0.25) is 0 Å². The number of aliphatic imine (C=N–C) groups is 1. The van der Waals surface area contributed by atoms with E-state index < -0.39 is 11.6 Å². The number of pyridine rings is 1. The van der Waals surface area contributed by atoms with Crippen LogP contribution in [0.1, 0.15) is 18.1 Å². The molecule has 2 rings (SSSR count). The van der Waals surface area contributed by atoms with Gasteiger partial charge in [-0.15, -0.1) is 24.0 Å². The Labute approximate surface area is 180 Å². The van der Waals surface area contributed by atoms with Crippen molar-refractivity contribution < 1.29 is 18.3 Å². The quantitative estimate of drug-likeness (QED) is 0.237. The molecule has 0 radical (unpaired) electrons. The lowest BCUT2D eigenvalue weighted by Crippen LogP contribution is -2.37. The highest BCUT2D eigenvalue weighted by atomic mass is 127. The average Bonchev–Trinajstić information content (AvgIpc) is 2.67. The van der Waals surface area contributed by atoms with Gasteiger partial charge in [0.25, 0.3) is 0 Å². The summed E-state index contributed by atoms with van der Waals surface area (Å²) in [6, 6.07) is 7.00. The first-order chi connectivity index (χ1) is 13.1. The lowest BCUT2D eigenvalue weighted by Gasteiger charge is -2.12. The molecule has 28 heavy (non-hydrogen) atoms. The summed E-state index contributed by atoms with van der Waals surface area (Å²) in [4.78, 5) is 8.64. The molecule has 2 N–H and O–H groups in total. The molecule has 9 heteroatoms. The summed E-state index contributed by atoms with van der Waals surface area (Å²) in [5.41, 5.74) is 1.13. The number of benzene rings is 1. The molecule has 0 unspecified atom stereocenters. The number of guanidine groups is 1. The summed E-state index contributed by atoms with van der Waals surface area (Å²) in [6.45, 7) is 4.01. The fraction of sp³-hybridized carbons (Fsp3) is 0.368. The Hall–Kier alpha value is -2.01. The van der Waals surface area contributed by atoms with Crippen LogP contribution < -0.4 is 15.4 Å². The monoisotopic (exact) mass is 506 g/mol. The zero-order valence-corrected chi connectivity index (χ0v) is 18.2. The van der Waals surface area contributed by atoms with Gasteiger partial charge in [-0.1, -0.05) is 6.07 Å². The maximum absolute atomic E-state index is 13.7. The molecule has 0 aliphatic carbocycles. The van der Waals surface area contributed by atoms with E-state index in [0.29, 0.717) is 38.1 Å². The van der Waals surface area contributed by atoms with E-state index in [-0.39, 0.29) is 36.1 Å². The maximum atomic E-state index is 13.7. The summed E-state index contributed by atoms with van der Waals surface area (Å²) >= 11 is 0. The normalized spacial score (nSPS) is 10.9. The van der Waals surface area contributed by atoms with Crippen molar-refractivity contribution in [2.45, 2.75) is 20.0 Å². The van der Waals surface area contributed by atoms with Gasteiger partial charge in [0.05, 0.1) is 13.2 Å².